The van der Waals surface area contributed by atoms with Crippen LogP contribution in [0.4, 0.5) is 5.69 Å². The lowest BCUT2D eigenvalue weighted by molar-refractivity contribution is 0.0912. The van der Waals surface area contributed by atoms with Crippen LogP contribution in [0, 0.1) is 0 Å². The lowest BCUT2D eigenvalue weighted by Gasteiger charge is -2.18. The minimum Gasteiger partial charge on any atom is -0.506 e. The van der Waals surface area contributed by atoms with Crippen LogP contribution < -0.4 is 15.4 Å². The maximum atomic E-state index is 12.9. The van der Waals surface area contributed by atoms with E-state index in [2.05, 4.69) is 20.3 Å². The van der Waals surface area contributed by atoms with Crippen molar-refractivity contribution in [3.63, 3.8) is 0 Å². The summed E-state index contributed by atoms with van der Waals surface area (Å²) in [6.45, 7) is 1.98. The fraction of sp³-hybridized carbons (Fsp3) is 0.276. The molecule has 0 bridgehead atoms. The van der Waals surface area contributed by atoms with Crippen LogP contribution in [0.1, 0.15) is 46.2 Å². The first-order chi connectivity index (χ1) is 19.0. The molecule has 0 aliphatic rings. The number of carbonyl (C=O) groups excluding carboxylic acids is 1. The van der Waals surface area contributed by atoms with Crippen molar-refractivity contribution in [3.05, 3.63) is 95.2 Å². The smallest absolute Gasteiger partial charge is 0.268 e. The SMILES string of the molecule is C[C@H](Cc1ccc2[nH]c(C(=O)N[C@H](CO)c3ccccc3)cc2c1)NC[C@H](O)c1ccc(O)c(NS(C)(=O)=O)c1. The number of sulfonamides is 1. The van der Waals surface area contributed by atoms with Crippen LogP contribution in [0.25, 0.3) is 10.9 Å². The normalized spacial score (nSPS) is 14.0. The van der Waals surface area contributed by atoms with Gasteiger partial charge in [0, 0.05) is 23.5 Å². The Kier molecular flexibility index (Phi) is 9.10. The zero-order chi connectivity index (χ0) is 28.9. The van der Waals surface area contributed by atoms with Crippen molar-refractivity contribution in [2.24, 2.45) is 0 Å². The molecule has 0 radical (unpaired) electrons. The number of aliphatic hydroxyl groups excluding tert-OH is 2. The zero-order valence-electron chi connectivity index (χ0n) is 22.3. The Labute approximate surface area is 233 Å². The largest absolute Gasteiger partial charge is 0.506 e. The fourth-order valence-corrected chi connectivity index (χ4v) is 5.05. The van der Waals surface area contributed by atoms with Gasteiger partial charge in [-0.15, -0.1) is 0 Å². The maximum Gasteiger partial charge on any atom is 0.268 e. The van der Waals surface area contributed by atoms with Crippen LogP contribution in [0.5, 0.6) is 5.75 Å². The molecule has 0 spiro atoms. The number of rotatable bonds is 12. The van der Waals surface area contributed by atoms with E-state index >= 15 is 0 Å². The average molecular weight is 567 g/mol. The number of fused-ring (bicyclic) bond motifs is 1. The third-order valence-electron chi connectivity index (χ3n) is 6.52. The van der Waals surface area contributed by atoms with Gasteiger partial charge in [-0.25, -0.2) is 8.42 Å². The molecule has 1 amide bonds. The number of aliphatic hydroxyl groups is 2. The number of aromatic nitrogens is 1. The molecule has 1 aromatic heterocycles. The Morgan fingerprint density at radius 3 is 2.45 bits per heavy atom. The number of phenolic OH excluding ortho intramolecular Hbond substituents is 1. The third-order valence-corrected chi connectivity index (χ3v) is 7.11. The molecule has 0 saturated carbocycles. The lowest BCUT2D eigenvalue weighted by atomic mass is 10.0. The van der Waals surface area contributed by atoms with Gasteiger partial charge in [0.1, 0.15) is 11.4 Å². The number of aromatic amines is 1. The van der Waals surface area contributed by atoms with E-state index in [9.17, 15) is 28.5 Å². The summed E-state index contributed by atoms with van der Waals surface area (Å²) in [5.74, 6) is -0.540. The number of H-pyrrole nitrogens is 1. The van der Waals surface area contributed by atoms with Crippen LogP contribution in [0.3, 0.4) is 0 Å². The predicted molar refractivity (Wildman–Crippen MR) is 155 cm³/mol. The van der Waals surface area contributed by atoms with Gasteiger partial charge in [0.05, 0.1) is 30.7 Å². The monoisotopic (exact) mass is 566 g/mol. The van der Waals surface area contributed by atoms with Gasteiger partial charge in [0.25, 0.3) is 5.91 Å². The van der Waals surface area contributed by atoms with Crippen LogP contribution in [0.2, 0.25) is 0 Å². The standard InChI is InChI=1S/C29H34N4O6S/c1-18(30-16-28(36)21-9-11-27(35)24(14-21)33-40(2,38)39)12-19-8-10-23-22(13-19)15-25(31-23)29(37)32-26(17-34)20-6-4-3-5-7-20/h3-11,13-15,18,26,28,30-31,33-36H,12,16-17H2,1-2H3,(H,32,37)/t18-,26-,28+/m1/s1. The van der Waals surface area contributed by atoms with Gasteiger partial charge in [-0.1, -0.05) is 42.5 Å². The lowest BCUT2D eigenvalue weighted by Crippen LogP contribution is -2.32. The molecule has 3 atom stereocenters. The van der Waals surface area contributed by atoms with Gasteiger partial charge in [-0.3, -0.25) is 9.52 Å². The first-order valence-corrected chi connectivity index (χ1v) is 14.7. The Hall–Kier alpha value is -3.90. The second-order valence-electron chi connectivity index (χ2n) is 9.90. The number of carbonyl (C=O) groups is 1. The summed E-state index contributed by atoms with van der Waals surface area (Å²) in [5, 5.41) is 37.3. The second-order valence-corrected chi connectivity index (χ2v) is 11.7. The topological polar surface area (TPSA) is 164 Å². The summed E-state index contributed by atoms with van der Waals surface area (Å²) in [4.78, 5) is 16.0. The van der Waals surface area contributed by atoms with Crippen LogP contribution in [-0.4, -0.2) is 60.1 Å². The number of amides is 1. The van der Waals surface area contributed by atoms with Crippen molar-refractivity contribution >= 4 is 32.5 Å². The Morgan fingerprint density at radius 2 is 1.75 bits per heavy atom. The number of anilines is 1. The highest BCUT2D eigenvalue weighted by Crippen LogP contribution is 2.28. The quantitative estimate of drug-likeness (QED) is 0.130. The third kappa shape index (κ3) is 7.60. The molecule has 0 fully saturated rings. The minimum atomic E-state index is -3.58. The highest BCUT2D eigenvalue weighted by Gasteiger charge is 2.17. The van der Waals surface area contributed by atoms with E-state index in [-0.39, 0.29) is 36.5 Å². The first-order valence-electron chi connectivity index (χ1n) is 12.8. The van der Waals surface area contributed by atoms with Crippen molar-refractivity contribution in [1.82, 2.24) is 15.6 Å². The molecule has 0 unspecified atom stereocenters. The highest BCUT2D eigenvalue weighted by molar-refractivity contribution is 7.92. The van der Waals surface area contributed by atoms with E-state index < -0.39 is 22.2 Å². The van der Waals surface area contributed by atoms with E-state index in [1.54, 1.807) is 6.07 Å². The van der Waals surface area contributed by atoms with E-state index in [0.29, 0.717) is 17.7 Å². The van der Waals surface area contributed by atoms with Crippen molar-refractivity contribution < 1.29 is 28.5 Å². The molecular weight excluding hydrogens is 532 g/mol. The molecule has 11 heteroatoms. The van der Waals surface area contributed by atoms with Crippen LogP contribution in [-0.2, 0) is 16.4 Å². The summed E-state index contributed by atoms with van der Waals surface area (Å²) < 4.78 is 25.3. The molecular formula is C29H34N4O6S. The number of benzene rings is 3. The molecule has 40 heavy (non-hydrogen) atoms. The number of aromatic hydroxyl groups is 1. The van der Waals surface area contributed by atoms with E-state index in [1.165, 1.54) is 18.2 Å². The summed E-state index contributed by atoms with van der Waals surface area (Å²) in [6, 6.07) is 20.7. The van der Waals surface area contributed by atoms with Gasteiger partial charge in [-0.05, 0) is 60.4 Å². The highest BCUT2D eigenvalue weighted by atomic mass is 32.2. The Bertz CT molecular complexity index is 1570. The van der Waals surface area contributed by atoms with Crippen molar-refractivity contribution in [2.75, 3.05) is 24.1 Å². The molecule has 4 aromatic rings. The zero-order valence-corrected chi connectivity index (χ0v) is 23.1. The van der Waals surface area contributed by atoms with Gasteiger partial charge < -0.3 is 30.9 Å². The predicted octanol–water partition coefficient (Wildman–Crippen LogP) is 2.96. The number of phenols is 1. The molecule has 7 N–H and O–H groups in total. The Morgan fingerprint density at radius 1 is 1.00 bits per heavy atom. The summed E-state index contributed by atoms with van der Waals surface area (Å²) >= 11 is 0. The number of nitrogens with one attached hydrogen (secondary N) is 4. The molecule has 10 nitrogen and oxygen atoms in total. The van der Waals surface area contributed by atoms with E-state index in [4.69, 9.17) is 0 Å². The average Bonchev–Trinajstić information content (AvgIpc) is 3.35. The van der Waals surface area contributed by atoms with Crippen LogP contribution >= 0.6 is 0 Å². The molecule has 1 heterocycles. The van der Waals surface area contributed by atoms with Crippen molar-refractivity contribution in [2.45, 2.75) is 31.5 Å². The Balaban J connectivity index is 1.36. The molecule has 0 saturated heterocycles. The molecule has 0 aliphatic heterocycles. The van der Waals surface area contributed by atoms with Gasteiger partial charge in [0.2, 0.25) is 10.0 Å². The summed E-state index contributed by atoms with van der Waals surface area (Å²) in [7, 11) is -3.58. The van der Waals surface area contributed by atoms with Crippen LogP contribution in [0.15, 0.2) is 72.8 Å². The number of hydrogen-bond donors (Lipinski definition) is 7. The van der Waals surface area contributed by atoms with Gasteiger partial charge in [-0.2, -0.15) is 0 Å². The molecule has 4 rings (SSSR count). The fourth-order valence-electron chi connectivity index (χ4n) is 4.49. The van der Waals surface area contributed by atoms with E-state index in [0.717, 1.165) is 28.3 Å². The maximum absolute atomic E-state index is 12.9. The minimum absolute atomic E-state index is 0.00396. The second kappa shape index (κ2) is 12.5. The molecule has 3 aromatic carbocycles. The van der Waals surface area contributed by atoms with Gasteiger partial charge in [0.15, 0.2) is 0 Å². The number of hydrogen-bond acceptors (Lipinski definition) is 7. The molecule has 0 aliphatic carbocycles. The summed E-state index contributed by atoms with van der Waals surface area (Å²) in [5.41, 5.74) is 3.53. The first kappa shape index (κ1) is 29.1. The van der Waals surface area contributed by atoms with Crippen molar-refractivity contribution in [3.8, 4) is 5.75 Å². The van der Waals surface area contributed by atoms with E-state index in [1.807, 2.05) is 55.5 Å². The van der Waals surface area contributed by atoms with Crippen molar-refractivity contribution in [1.29, 1.82) is 0 Å². The summed E-state index contributed by atoms with van der Waals surface area (Å²) in [6.07, 6.45) is 0.722. The molecule has 212 valence electrons. The van der Waals surface area contributed by atoms with Gasteiger partial charge >= 0.3 is 0 Å².